The van der Waals surface area contributed by atoms with E-state index < -0.39 is 0 Å². The van der Waals surface area contributed by atoms with Crippen LogP contribution in [0, 0.1) is 6.92 Å². The third-order valence-corrected chi connectivity index (χ3v) is 7.06. The van der Waals surface area contributed by atoms with Crippen molar-refractivity contribution >= 4 is 21.8 Å². The first-order valence-electron chi connectivity index (χ1n) is 11.2. The number of pyridine rings is 2. The molecule has 30 heavy (non-hydrogen) atoms. The number of hydrogen-bond acceptors (Lipinski definition) is 3. The molecule has 1 saturated carbocycles. The zero-order valence-electron chi connectivity index (χ0n) is 17.7. The quantitative estimate of drug-likeness (QED) is 0.396. The average Bonchev–Trinajstić information content (AvgIpc) is 2.72. The second-order valence-corrected chi connectivity index (χ2v) is 8.73. The van der Waals surface area contributed by atoms with Crippen molar-refractivity contribution in [2.45, 2.75) is 51.9 Å². The van der Waals surface area contributed by atoms with Gasteiger partial charge < -0.3 is 4.74 Å². The molecule has 6 rings (SSSR count). The van der Waals surface area contributed by atoms with Crippen molar-refractivity contribution in [1.29, 1.82) is 0 Å². The minimum Gasteiger partial charge on any atom is -0.493 e. The number of nitrogens with zero attached hydrogens (tertiary/aromatic N) is 2. The van der Waals surface area contributed by atoms with Crippen LogP contribution in [0.25, 0.3) is 32.9 Å². The molecule has 1 aliphatic heterocycles. The van der Waals surface area contributed by atoms with E-state index in [0.29, 0.717) is 5.92 Å². The van der Waals surface area contributed by atoms with E-state index in [4.69, 9.17) is 14.7 Å². The summed E-state index contributed by atoms with van der Waals surface area (Å²) in [6, 6.07) is 13.3. The largest absolute Gasteiger partial charge is 0.493 e. The molecule has 0 unspecified atom stereocenters. The highest BCUT2D eigenvalue weighted by molar-refractivity contribution is 6.07. The van der Waals surface area contributed by atoms with Crippen LogP contribution in [-0.4, -0.2) is 16.6 Å². The van der Waals surface area contributed by atoms with Crippen molar-refractivity contribution in [3.8, 4) is 16.9 Å². The molecule has 3 nitrogen and oxygen atoms in total. The van der Waals surface area contributed by atoms with Gasteiger partial charge in [0.15, 0.2) is 0 Å². The van der Waals surface area contributed by atoms with Crippen molar-refractivity contribution in [2.75, 3.05) is 6.61 Å². The third-order valence-electron chi connectivity index (χ3n) is 7.06. The number of aromatic nitrogens is 2. The van der Waals surface area contributed by atoms with E-state index in [-0.39, 0.29) is 0 Å². The second kappa shape index (κ2) is 6.80. The zero-order chi connectivity index (χ0) is 20.2. The van der Waals surface area contributed by atoms with Crippen LogP contribution < -0.4 is 4.74 Å². The van der Waals surface area contributed by atoms with Crippen molar-refractivity contribution in [3.63, 3.8) is 0 Å². The van der Waals surface area contributed by atoms with Crippen LogP contribution in [0.5, 0.6) is 5.75 Å². The Morgan fingerprint density at radius 3 is 2.80 bits per heavy atom. The van der Waals surface area contributed by atoms with Crippen molar-refractivity contribution in [1.82, 2.24) is 9.97 Å². The molecule has 4 aromatic rings. The van der Waals surface area contributed by atoms with Gasteiger partial charge in [0.05, 0.1) is 17.6 Å². The lowest BCUT2D eigenvalue weighted by atomic mass is 9.82. The van der Waals surface area contributed by atoms with Gasteiger partial charge in [0.1, 0.15) is 5.75 Å². The molecule has 0 amide bonds. The zero-order valence-corrected chi connectivity index (χ0v) is 17.7. The predicted molar refractivity (Wildman–Crippen MR) is 122 cm³/mol. The van der Waals surface area contributed by atoms with Gasteiger partial charge >= 0.3 is 0 Å². The van der Waals surface area contributed by atoms with Crippen LogP contribution in [0.4, 0.5) is 0 Å². The summed E-state index contributed by atoms with van der Waals surface area (Å²) in [4.78, 5) is 9.96. The number of rotatable bonds is 3. The van der Waals surface area contributed by atoms with Gasteiger partial charge in [-0.1, -0.05) is 19.4 Å². The van der Waals surface area contributed by atoms with Crippen molar-refractivity contribution in [3.05, 3.63) is 65.0 Å². The molecule has 2 aliphatic rings. The van der Waals surface area contributed by atoms with Crippen LogP contribution in [0.2, 0.25) is 0 Å². The number of ether oxygens (including phenoxy) is 1. The van der Waals surface area contributed by atoms with Crippen molar-refractivity contribution < 1.29 is 4.74 Å². The summed E-state index contributed by atoms with van der Waals surface area (Å²) in [5.74, 6) is 1.60. The fourth-order valence-corrected chi connectivity index (χ4v) is 5.26. The van der Waals surface area contributed by atoms with E-state index in [1.54, 1.807) is 0 Å². The molecule has 0 atom stereocenters. The van der Waals surface area contributed by atoms with E-state index in [9.17, 15) is 0 Å². The molecule has 3 heteroatoms. The molecule has 0 spiro atoms. The topological polar surface area (TPSA) is 35.0 Å². The molecule has 150 valence electrons. The molecule has 0 radical (unpaired) electrons. The molecule has 1 fully saturated rings. The molecule has 2 aromatic carbocycles. The maximum absolute atomic E-state index is 5.96. The predicted octanol–water partition coefficient (Wildman–Crippen LogP) is 6.52. The Morgan fingerprint density at radius 1 is 1.10 bits per heavy atom. The summed E-state index contributed by atoms with van der Waals surface area (Å²) < 4.78 is 5.96. The normalized spacial score (nSPS) is 15.9. The summed E-state index contributed by atoms with van der Waals surface area (Å²) in [7, 11) is 0. The Morgan fingerprint density at radius 2 is 2.00 bits per heavy atom. The third kappa shape index (κ3) is 2.57. The minimum atomic E-state index is 0.642. The van der Waals surface area contributed by atoms with Gasteiger partial charge in [-0.15, -0.1) is 0 Å². The van der Waals surface area contributed by atoms with Gasteiger partial charge in [0.25, 0.3) is 0 Å². The van der Waals surface area contributed by atoms with Crippen LogP contribution in [0.3, 0.4) is 0 Å². The number of aryl methyl sites for hydroxylation is 1. The Hall–Kier alpha value is -2.94. The van der Waals surface area contributed by atoms with Gasteiger partial charge in [0.2, 0.25) is 0 Å². The number of fused-ring (bicyclic) bond motifs is 1. The van der Waals surface area contributed by atoms with Gasteiger partial charge in [0, 0.05) is 40.6 Å². The Bertz CT molecular complexity index is 1290. The molecule has 0 N–H and O–H groups in total. The molecular weight excluding hydrogens is 368 g/mol. The molecule has 3 heterocycles. The van der Waals surface area contributed by atoms with E-state index in [1.807, 2.05) is 6.20 Å². The Kier molecular flexibility index (Phi) is 4.05. The molecular formula is C27H26N2O. The summed E-state index contributed by atoms with van der Waals surface area (Å²) in [5.41, 5.74) is 9.95. The number of benzene rings is 2. The standard InChI is InChI=1S/C27H26N2O/c1-3-19-16(2)15-23-20(7-9-22(29-23)17-5-4-6-17)26(19)21-8-10-24-25-18(12-14-30-24)11-13-28-27(21)25/h7-11,13,15,17H,3-6,12,14H2,1-2H3. The first-order chi connectivity index (χ1) is 14.7. The molecule has 1 aliphatic carbocycles. The average molecular weight is 395 g/mol. The summed E-state index contributed by atoms with van der Waals surface area (Å²) in [6.45, 7) is 5.21. The monoisotopic (exact) mass is 394 g/mol. The maximum Gasteiger partial charge on any atom is 0.129 e. The second-order valence-electron chi connectivity index (χ2n) is 8.73. The van der Waals surface area contributed by atoms with Gasteiger partial charge in [-0.2, -0.15) is 0 Å². The lowest BCUT2D eigenvalue weighted by Crippen LogP contribution is -2.11. The molecule has 0 bridgehead atoms. The van der Waals surface area contributed by atoms with Gasteiger partial charge in [-0.05, 0) is 78.8 Å². The number of hydrogen-bond donors (Lipinski definition) is 0. The fourth-order valence-electron chi connectivity index (χ4n) is 5.26. The minimum absolute atomic E-state index is 0.642. The first kappa shape index (κ1) is 17.9. The Labute approximate surface area is 177 Å². The highest BCUT2D eigenvalue weighted by Gasteiger charge is 2.23. The highest BCUT2D eigenvalue weighted by Crippen LogP contribution is 2.43. The summed E-state index contributed by atoms with van der Waals surface area (Å²) in [5, 5.41) is 2.41. The first-order valence-corrected chi connectivity index (χ1v) is 11.2. The lowest BCUT2D eigenvalue weighted by Gasteiger charge is -2.25. The van der Waals surface area contributed by atoms with Crippen LogP contribution >= 0.6 is 0 Å². The van der Waals surface area contributed by atoms with Crippen LogP contribution in [0.15, 0.2) is 42.6 Å². The summed E-state index contributed by atoms with van der Waals surface area (Å²) >= 11 is 0. The van der Waals surface area contributed by atoms with Gasteiger partial charge in [-0.3, -0.25) is 9.97 Å². The highest BCUT2D eigenvalue weighted by atomic mass is 16.5. The van der Waals surface area contributed by atoms with Crippen molar-refractivity contribution in [2.24, 2.45) is 0 Å². The lowest BCUT2D eigenvalue weighted by molar-refractivity contribution is 0.318. The van der Waals surface area contributed by atoms with Crippen LogP contribution in [0.1, 0.15) is 54.5 Å². The molecule has 0 saturated heterocycles. The van der Waals surface area contributed by atoms with Crippen LogP contribution in [-0.2, 0) is 12.8 Å². The Balaban J connectivity index is 1.67. The van der Waals surface area contributed by atoms with E-state index in [1.165, 1.54) is 63.5 Å². The van der Waals surface area contributed by atoms with E-state index in [2.05, 4.69) is 50.2 Å². The SMILES string of the molecule is CCc1c(C)cc2nc(C3CCC3)ccc2c1-c1ccc2c3c(ccnc13)CCO2. The van der Waals surface area contributed by atoms with E-state index >= 15 is 0 Å². The van der Waals surface area contributed by atoms with Gasteiger partial charge in [-0.25, -0.2) is 0 Å². The smallest absolute Gasteiger partial charge is 0.129 e. The maximum atomic E-state index is 5.96. The van der Waals surface area contributed by atoms with E-state index in [0.717, 1.165) is 36.2 Å². The summed E-state index contributed by atoms with van der Waals surface area (Å²) in [6.07, 6.45) is 7.76. The molecule has 2 aromatic heterocycles. The fraction of sp³-hybridized carbons (Fsp3) is 0.333.